The molecule has 0 saturated carbocycles. The number of hydrogen-bond acceptors (Lipinski definition) is 7. The number of rotatable bonds is 2. The van der Waals surface area contributed by atoms with Crippen LogP contribution in [0.1, 0.15) is 18.2 Å². The Morgan fingerprint density at radius 2 is 2.29 bits per heavy atom. The number of fused-ring (bicyclic) bond motifs is 1. The molecule has 2 rings (SSSR count). The maximum atomic E-state index is 10.6. The first-order valence-corrected chi connectivity index (χ1v) is 5.84. The summed E-state index contributed by atoms with van der Waals surface area (Å²) in [6.07, 6.45) is 2.50. The van der Waals surface area contributed by atoms with Crippen molar-refractivity contribution in [3.05, 3.63) is 23.5 Å². The van der Waals surface area contributed by atoms with E-state index in [9.17, 15) is 13.0 Å². The lowest BCUT2D eigenvalue weighted by Crippen LogP contribution is -2.41. The van der Waals surface area contributed by atoms with Crippen LogP contribution >= 0.6 is 0 Å². The van der Waals surface area contributed by atoms with E-state index in [1.165, 1.54) is 19.2 Å². The van der Waals surface area contributed by atoms with Gasteiger partial charge in [-0.3, -0.25) is 9.28 Å². The Bertz CT molecular complexity index is 617. The van der Waals surface area contributed by atoms with Crippen molar-refractivity contribution in [2.45, 2.75) is 12.5 Å². The molecular weight excluding hydrogens is 248 g/mol. The summed E-state index contributed by atoms with van der Waals surface area (Å²) in [5, 5.41) is 14.1. The van der Waals surface area contributed by atoms with Crippen molar-refractivity contribution in [2.24, 2.45) is 5.73 Å². The Kier molecular flexibility index (Phi) is 2.35. The molecule has 1 heterocycles. The summed E-state index contributed by atoms with van der Waals surface area (Å²) in [4.78, 5) is 0. The highest BCUT2D eigenvalue weighted by atomic mass is 32.3. The van der Waals surface area contributed by atoms with Gasteiger partial charge >= 0.3 is 0 Å². The van der Waals surface area contributed by atoms with E-state index in [-0.39, 0.29) is 11.4 Å². The lowest BCUT2D eigenvalue weighted by Gasteiger charge is -2.31. The molecule has 0 radical (unpaired) electrons. The molecule has 1 aromatic rings. The van der Waals surface area contributed by atoms with Gasteiger partial charge in [0.05, 0.1) is 23.3 Å². The van der Waals surface area contributed by atoms with E-state index in [1.54, 1.807) is 0 Å². The van der Waals surface area contributed by atoms with Crippen LogP contribution in [0, 0.1) is 5.41 Å². The smallest absolute Gasteiger partial charge is 0.218 e. The van der Waals surface area contributed by atoms with Crippen LogP contribution in [0.5, 0.6) is 0 Å². The van der Waals surface area contributed by atoms with E-state index in [1.807, 2.05) is 0 Å². The van der Waals surface area contributed by atoms with Crippen molar-refractivity contribution in [3.8, 4) is 0 Å². The zero-order valence-corrected chi connectivity index (χ0v) is 9.54. The Balaban J connectivity index is 2.53. The van der Waals surface area contributed by atoms with Crippen LogP contribution < -0.4 is 5.73 Å². The fourth-order valence-electron chi connectivity index (χ4n) is 1.68. The molecule has 92 valence electrons. The Labute approximate surface area is 96.9 Å². The van der Waals surface area contributed by atoms with Gasteiger partial charge in [0.2, 0.25) is 10.4 Å². The van der Waals surface area contributed by atoms with E-state index >= 15 is 0 Å². The SMILES string of the molecule is CC1(OS(=O)(=O)[O-])C=C(N)c2[nH]ncc2C1=N. The number of nitrogens with one attached hydrogen (secondary N) is 2. The molecule has 9 heteroatoms. The third-order valence-electron chi connectivity index (χ3n) is 2.40. The van der Waals surface area contributed by atoms with Crippen molar-refractivity contribution in [1.82, 2.24) is 10.2 Å². The molecule has 0 amide bonds. The number of nitrogens with zero attached hydrogens (tertiary/aromatic N) is 1. The average molecular weight is 257 g/mol. The Hall–Kier alpha value is -1.71. The lowest BCUT2D eigenvalue weighted by molar-refractivity contribution is 0.184. The van der Waals surface area contributed by atoms with Gasteiger partial charge in [0.15, 0.2) is 0 Å². The minimum absolute atomic E-state index is 0.166. The molecule has 1 aromatic heterocycles. The molecular formula is C8H9N4O4S-. The van der Waals surface area contributed by atoms with E-state index in [4.69, 9.17) is 11.1 Å². The summed E-state index contributed by atoms with van der Waals surface area (Å²) in [5.41, 5.74) is 4.63. The summed E-state index contributed by atoms with van der Waals surface area (Å²) in [6.45, 7) is 1.27. The molecule has 17 heavy (non-hydrogen) atoms. The normalized spacial score (nSPS) is 24.4. The van der Waals surface area contributed by atoms with Gasteiger partial charge in [-0.15, -0.1) is 0 Å². The Morgan fingerprint density at radius 3 is 2.88 bits per heavy atom. The molecule has 1 aliphatic rings. The van der Waals surface area contributed by atoms with Crippen LogP contribution in [0.15, 0.2) is 12.3 Å². The second-order valence-corrected chi connectivity index (χ2v) is 4.72. The molecule has 0 aliphatic heterocycles. The van der Waals surface area contributed by atoms with Gasteiger partial charge in [0.1, 0.15) is 5.60 Å². The van der Waals surface area contributed by atoms with Crippen molar-refractivity contribution in [2.75, 3.05) is 0 Å². The zero-order valence-electron chi connectivity index (χ0n) is 8.72. The van der Waals surface area contributed by atoms with Crippen LogP contribution in [0.3, 0.4) is 0 Å². The van der Waals surface area contributed by atoms with Crippen LogP contribution in [0.4, 0.5) is 0 Å². The quantitative estimate of drug-likeness (QED) is 0.473. The minimum Gasteiger partial charge on any atom is -0.725 e. The van der Waals surface area contributed by atoms with Crippen molar-refractivity contribution >= 4 is 21.8 Å². The maximum Gasteiger partial charge on any atom is 0.218 e. The van der Waals surface area contributed by atoms with E-state index in [2.05, 4.69) is 14.4 Å². The second kappa shape index (κ2) is 3.39. The Morgan fingerprint density at radius 1 is 1.65 bits per heavy atom. The lowest BCUT2D eigenvalue weighted by atomic mass is 9.87. The first-order valence-electron chi connectivity index (χ1n) is 4.51. The molecule has 0 saturated heterocycles. The van der Waals surface area contributed by atoms with Gasteiger partial charge in [-0.1, -0.05) is 0 Å². The molecule has 1 atom stereocenters. The van der Waals surface area contributed by atoms with Gasteiger partial charge in [-0.05, 0) is 13.0 Å². The van der Waals surface area contributed by atoms with E-state index in [0.29, 0.717) is 11.3 Å². The standard InChI is InChI=1S/C8H10N4O4S/c1-8(16-17(13,14)15)2-5(9)6-4(7(8)10)3-11-12-6/h2-3,10H,9H2,1H3,(H,11,12)(H,13,14,15)/p-1. The fourth-order valence-corrected chi connectivity index (χ4v) is 2.24. The highest BCUT2D eigenvalue weighted by molar-refractivity contribution is 7.80. The third kappa shape index (κ3) is 1.95. The van der Waals surface area contributed by atoms with Gasteiger partial charge in [-0.25, -0.2) is 8.42 Å². The summed E-state index contributed by atoms with van der Waals surface area (Å²) in [7, 11) is -4.95. The van der Waals surface area contributed by atoms with E-state index < -0.39 is 16.0 Å². The summed E-state index contributed by atoms with van der Waals surface area (Å²) in [6, 6.07) is 0. The highest BCUT2D eigenvalue weighted by Crippen LogP contribution is 2.30. The molecule has 1 aliphatic carbocycles. The summed E-state index contributed by atoms with van der Waals surface area (Å²) in [5.74, 6) is 0. The average Bonchev–Trinajstić information content (AvgIpc) is 2.59. The number of hydrogen-bond donors (Lipinski definition) is 3. The number of aromatic amines is 1. The number of aromatic nitrogens is 2. The summed E-state index contributed by atoms with van der Waals surface area (Å²) >= 11 is 0. The molecule has 0 aromatic carbocycles. The topological polar surface area (TPSA) is 145 Å². The predicted molar refractivity (Wildman–Crippen MR) is 56.8 cm³/mol. The van der Waals surface area contributed by atoms with Gasteiger partial charge in [0.25, 0.3) is 0 Å². The fraction of sp³-hybridized carbons (Fsp3) is 0.250. The number of H-pyrrole nitrogens is 1. The molecule has 0 fully saturated rings. The van der Waals surface area contributed by atoms with Crippen molar-refractivity contribution in [1.29, 1.82) is 5.41 Å². The molecule has 4 N–H and O–H groups in total. The molecule has 0 spiro atoms. The third-order valence-corrected chi connectivity index (χ3v) is 2.95. The zero-order chi connectivity index (χ0) is 12.8. The monoisotopic (exact) mass is 257 g/mol. The van der Waals surface area contributed by atoms with Crippen molar-refractivity contribution in [3.63, 3.8) is 0 Å². The van der Waals surface area contributed by atoms with E-state index in [0.717, 1.165) is 0 Å². The molecule has 1 unspecified atom stereocenters. The van der Waals surface area contributed by atoms with Crippen LogP contribution in [-0.2, 0) is 14.6 Å². The second-order valence-electron chi connectivity index (χ2n) is 3.73. The first kappa shape index (κ1) is 11.8. The van der Waals surface area contributed by atoms with Gasteiger partial charge in [-0.2, -0.15) is 5.10 Å². The largest absolute Gasteiger partial charge is 0.725 e. The van der Waals surface area contributed by atoms with Crippen molar-refractivity contribution < 1.29 is 17.2 Å². The maximum absolute atomic E-state index is 10.6. The predicted octanol–water partition coefficient (Wildman–Crippen LogP) is -0.674. The van der Waals surface area contributed by atoms with Crippen LogP contribution in [0.25, 0.3) is 5.70 Å². The molecule has 0 bridgehead atoms. The van der Waals surface area contributed by atoms with Gasteiger partial charge < -0.3 is 15.7 Å². The summed E-state index contributed by atoms with van der Waals surface area (Å²) < 4.78 is 36.3. The minimum atomic E-state index is -4.95. The van der Waals surface area contributed by atoms with Crippen LogP contribution in [-0.4, -0.2) is 34.5 Å². The highest BCUT2D eigenvalue weighted by Gasteiger charge is 2.38. The van der Waals surface area contributed by atoms with Gasteiger partial charge in [0, 0.05) is 5.56 Å². The first-order chi connectivity index (χ1) is 7.73. The molecule has 8 nitrogen and oxygen atoms in total. The number of nitrogens with two attached hydrogens (primary N) is 1. The van der Waals surface area contributed by atoms with Crippen LogP contribution in [0.2, 0.25) is 0 Å².